The predicted octanol–water partition coefficient (Wildman–Crippen LogP) is 8.23. The number of benzene rings is 2. The molecule has 0 saturated heterocycles. The standard InChI is InChI=1S/C33H50O7/c1-7-17-35-26-14-16-28(36-18-8-2)25(23-26)13-15-27(34)31-32(39-21-11-5)29(37-19-9-3)24-30(38-20-10-4)33(31)40-22-12-6/h14,16,23-24H,7-13,15,17-22H2,1-6H3. The fraction of sp³-hybridized carbons (Fsp3) is 0.606. The molecule has 40 heavy (non-hydrogen) atoms. The molecule has 0 unspecified atom stereocenters. The van der Waals surface area contributed by atoms with Crippen molar-refractivity contribution in [1.82, 2.24) is 0 Å². The minimum atomic E-state index is -0.0955. The molecule has 7 nitrogen and oxygen atoms in total. The Kier molecular flexibility index (Phi) is 15.8. The second kappa shape index (κ2) is 19.1. The second-order valence-corrected chi connectivity index (χ2v) is 9.69. The van der Waals surface area contributed by atoms with E-state index in [9.17, 15) is 4.79 Å². The molecule has 2 rings (SSSR count). The molecule has 0 aliphatic heterocycles. The maximum absolute atomic E-state index is 14.1. The van der Waals surface area contributed by atoms with Crippen molar-refractivity contribution in [1.29, 1.82) is 0 Å². The molecule has 0 fully saturated rings. The van der Waals surface area contributed by atoms with Gasteiger partial charge in [0.1, 0.15) is 17.1 Å². The van der Waals surface area contributed by atoms with Gasteiger partial charge in [-0.25, -0.2) is 0 Å². The van der Waals surface area contributed by atoms with Crippen LogP contribution in [-0.4, -0.2) is 45.4 Å². The van der Waals surface area contributed by atoms with E-state index in [-0.39, 0.29) is 12.2 Å². The minimum Gasteiger partial charge on any atom is -0.494 e. The largest absolute Gasteiger partial charge is 0.494 e. The molecule has 224 valence electrons. The molecule has 0 saturated carbocycles. The molecule has 0 aliphatic carbocycles. The van der Waals surface area contributed by atoms with Gasteiger partial charge in [-0.3, -0.25) is 4.79 Å². The number of hydrogen-bond donors (Lipinski definition) is 0. The lowest BCUT2D eigenvalue weighted by atomic mass is 9.99. The van der Waals surface area contributed by atoms with Crippen LogP contribution in [0, 0.1) is 0 Å². The van der Waals surface area contributed by atoms with E-state index in [1.54, 1.807) is 0 Å². The Labute approximate surface area is 241 Å². The van der Waals surface area contributed by atoms with Crippen LogP contribution in [-0.2, 0) is 6.42 Å². The van der Waals surface area contributed by atoms with E-state index in [4.69, 9.17) is 28.4 Å². The summed E-state index contributed by atoms with van der Waals surface area (Å²) in [6.45, 7) is 15.5. The molecule has 2 aromatic carbocycles. The Morgan fingerprint density at radius 1 is 0.550 bits per heavy atom. The first-order valence-electron chi connectivity index (χ1n) is 15.2. The van der Waals surface area contributed by atoms with Gasteiger partial charge in [0.2, 0.25) is 0 Å². The summed E-state index contributed by atoms with van der Waals surface area (Å²) >= 11 is 0. The van der Waals surface area contributed by atoms with Gasteiger partial charge in [0.15, 0.2) is 28.8 Å². The minimum absolute atomic E-state index is 0.0955. The van der Waals surface area contributed by atoms with Crippen molar-refractivity contribution < 1.29 is 33.2 Å². The average molecular weight is 559 g/mol. The van der Waals surface area contributed by atoms with Crippen molar-refractivity contribution in [2.75, 3.05) is 39.6 Å². The highest BCUT2D eigenvalue weighted by Crippen LogP contribution is 2.46. The van der Waals surface area contributed by atoms with Crippen molar-refractivity contribution in [3.8, 4) is 34.5 Å². The van der Waals surface area contributed by atoms with Crippen LogP contribution >= 0.6 is 0 Å². The van der Waals surface area contributed by atoms with Crippen LogP contribution in [0.1, 0.15) is 102 Å². The summed E-state index contributed by atoms with van der Waals surface area (Å²) in [7, 11) is 0. The maximum Gasteiger partial charge on any atom is 0.176 e. The van der Waals surface area contributed by atoms with Crippen LogP contribution in [0.25, 0.3) is 0 Å². The molecule has 0 atom stereocenters. The third kappa shape index (κ3) is 10.1. The fourth-order valence-electron chi connectivity index (χ4n) is 3.97. The summed E-state index contributed by atoms with van der Waals surface area (Å²) < 4.78 is 36.4. The van der Waals surface area contributed by atoms with Gasteiger partial charge in [-0.2, -0.15) is 0 Å². The SMILES string of the molecule is CCCOc1ccc(OCCC)c(CCC(=O)c2c(OCCC)c(OCCC)cc(OCCC)c2OCCC)c1. The van der Waals surface area contributed by atoms with Crippen LogP contribution in [0.15, 0.2) is 24.3 Å². The first-order valence-corrected chi connectivity index (χ1v) is 15.2. The Morgan fingerprint density at radius 2 is 1.00 bits per heavy atom. The molecule has 0 radical (unpaired) electrons. The van der Waals surface area contributed by atoms with Crippen molar-refractivity contribution in [3.63, 3.8) is 0 Å². The Bertz CT molecular complexity index is 980. The van der Waals surface area contributed by atoms with E-state index in [0.29, 0.717) is 74.6 Å². The van der Waals surface area contributed by atoms with E-state index >= 15 is 0 Å². The van der Waals surface area contributed by atoms with Crippen LogP contribution in [0.5, 0.6) is 34.5 Å². The van der Waals surface area contributed by atoms with Gasteiger partial charge >= 0.3 is 0 Å². The molecular formula is C33H50O7. The van der Waals surface area contributed by atoms with E-state index in [2.05, 4.69) is 13.8 Å². The Morgan fingerprint density at radius 3 is 1.50 bits per heavy atom. The zero-order chi connectivity index (χ0) is 29.2. The first-order chi connectivity index (χ1) is 19.5. The highest BCUT2D eigenvalue weighted by Gasteiger charge is 2.28. The summed E-state index contributed by atoms with van der Waals surface area (Å²) in [5.74, 6) is 3.33. The normalized spacial score (nSPS) is 10.8. The lowest BCUT2D eigenvalue weighted by molar-refractivity contribution is 0.0971. The van der Waals surface area contributed by atoms with Crippen molar-refractivity contribution in [2.24, 2.45) is 0 Å². The zero-order valence-electron chi connectivity index (χ0n) is 25.6. The summed E-state index contributed by atoms with van der Waals surface area (Å²) in [6.07, 6.45) is 5.77. The Balaban J connectivity index is 2.54. The van der Waals surface area contributed by atoms with Crippen molar-refractivity contribution in [2.45, 2.75) is 92.9 Å². The van der Waals surface area contributed by atoms with Crippen molar-refractivity contribution in [3.05, 3.63) is 35.4 Å². The molecule has 0 aliphatic rings. The third-order valence-corrected chi connectivity index (χ3v) is 5.86. The smallest absolute Gasteiger partial charge is 0.176 e. The second-order valence-electron chi connectivity index (χ2n) is 9.69. The first kappa shape index (κ1) is 33.1. The average Bonchev–Trinajstić information content (AvgIpc) is 2.97. The Hall–Kier alpha value is -3.09. The molecule has 0 N–H and O–H groups in total. The molecule has 0 amide bonds. The highest BCUT2D eigenvalue weighted by atomic mass is 16.5. The van der Waals surface area contributed by atoms with Gasteiger partial charge < -0.3 is 28.4 Å². The van der Waals surface area contributed by atoms with Crippen LogP contribution in [0.2, 0.25) is 0 Å². The number of ether oxygens (including phenoxy) is 6. The predicted molar refractivity (Wildman–Crippen MR) is 160 cm³/mol. The topological polar surface area (TPSA) is 72.5 Å². The number of hydrogen-bond acceptors (Lipinski definition) is 7. The van der Waals surface area contributed by atoms with E-state index < -0.39 is 0 Å². The monoisotopic (exact) mass is 558 g/mol. The number of rotatable bonds is 22. The van der Waals surface area contributed by atoms with Crippen molar-refractivity contribution >= 4 is 5.78 Å². The molecule has 0 heterocycles. The summed E-state index contributed by atoms with van der Waals surface area (Å²) in [5.41, 5.74) is 1.32. The molecular weight excluding hydrogens is 508 g/mol. The van der Waals surface area contributed by atoms with Gasteiger partial charge in [0.25, 0.3) is 0 Å². The third-order valence-electron chi connectivity index (χ3n) is 5.86. The highest BCUT2D eigenvalue weighted by molar-refractivity contribution is 6.03. The summed E-state index contributed by atoms with van der Waals surface area (Å²) in [5, 5.41) is 0. The van der Waals surface area contributed by atoms with Gasteiger partial charge in [-0.1, -0.05) is 41.5 Å². The number of ketones is 1. The molecule has 0 bridgehead atoms. The molecule has 2 aromatic rings. The number of aryl methyl sites for hydroxylation is 1. The maximum atomic E-state index is 14.1. The van der Waals surface area contributed by atoms with E-state index in [0.717, 1.165) is 55.6 Å². The number of Topliss-reactive ketones (excluding diaryl/α,β-unsaturated/α-hetero) is 1. The lowest BCUT2D eigenvalue weighted by Crippen LogP contribution is -2.13. The summed E-state index contributed by atoms with van der Waals surface area (Å²) in [4.78, 5) is 14.1. The molecule has 7 heteroatoms. The van der Waals surface area contributed by atoms with Gasteiger partial charge in [-0.15, -0.1) is 0 Å². The number of carbonyl (C=O) groups excluding carboxylic acids is 1. The molecule has 0 spiro atoms. The summed E-state index contributed by atoms with van der Waals surface area (Å²) in [6, 6.07) is 7.64. The molecule has 0 aromatic heterocycles. The zero-order valence-corrected chi connectivity index (χ0v) is 25.6. The van der Waals surface area contributed by atoms with Gasteiger partial charge in [0, 0.05) is 12.5 Å². The van der Waals surface area contributed by atoms with Gasteiger partial charge in [-0.05, 0) is 68.7 Å². The van der Waals surface area contributed by atoms with Crippen LogP contribution < -0.4 is 28.4 Å². The number of carbonyl (C=O) groups is 1. The van der Waals surface area contributed by atoms with Gasteiger partial charge in [0.05, 0.1) is 39.6 Å². The van der Waals surface area contributed by atoms with E-state index in [1.165, 1.54) is 0 Å². The quantitative estimate of drug-likeness (QED) is 0.135. The van der Waals surface area contributed by atoms with Crippen LogP contribution in [0.4, 0.5) is 0 Å². The fourth-order valence-corrected chi connectivity index (χ4v) is 3.97. The lowest BCUT2D eigenvalue weighted by Gasteiger charge is -2.22. The van der Waals surface area contributed by atoms with E-state index in [1.807, 2.05) is 52.0 Å². The van der Waals surface area contributed by atoms with Crippen LogP contribution in [0.3, 0.4) is 0 Å².